The van der Waals surface area contributed by atoms with E-state index in [-0.39, 0.29) is 25.2 Å². The topological polar surface area (TPSA) is 79.2 Å². The van der Waals surface area contributed by atoms with Gasteiger partial charge < -0.3 is 10.4 Å². The third kappa shape index (κ3) is 3.82. The van der Waals surface area contributed by atoms with Crippen LogP contribution in [0, 0.1) is 6.92 Å². The van der Waals surface area contributed by atoms with Crippen molar-refractivity contribution in [3.05, 3.63) is 47.7 Å². The molecule has 112 valence electrons. The molecular weight excluding hydrogens is 268 g/mol. The fourth-order valence-electron chi connectivity index (χ4n) is 2.01. The van der Waals surface area contributed by atoms with Gasteiger partial charge in [-0.25, -0.2) is 4.79 Å². The van der Waals surface area contributed by atoms with Gasteiger partial charge in [0.15, 0.2) is 5.82 Å². The molecule has 0 saturated heterocycles. The molecule has 1 heterocycles. The van der Waals surface area contributed by atoms with Crippen molar-refractivity contribution in [2.45, 2.75) is 19.9 Å². The second-order valence-electron chi connectivity index (χ2n) is 4.83. The van der Waals surface area contributed by atoms with Gasteiger partial charge in [0.2, 0.25) is 0 Å². The summed E-state index contributed by atoms with van der Waals surface area (Å²) in [5.41, 5.74) is 2.04. The molecule has 0 fully saturated rings. The highest BCUT2D eigenvalue weighted by molar-refractivity contribution is 5.88. The highest BCUT2D eigenvalue weighted by Crippen LogP contribution is 2.20. The molecule has 6 heteroatoms. The van der Waals surface area contributed by atoms with Crippen molar-refractivity contribution in [3.63, 3.8) is 0 Å². The minimum absolute atomic E-state index is 0.0842. The zero-order chi connectivity index (χ0) is 15.2. The highest BCUT2D eigenvalue weighted by atomic mass is 16.3. The van der Waals surface area contributed by atoms with Gasteiger partial charge in [-0.1, -0.05) is 30.3 Å². The molecule has 0 aliphatic carbocycles. The monoisotopic (exact) mass is 288 g/mol. The molecule has 6 nitrogen and oxygen atoms in total. The number of aryl methyl sites for hydroxylation is 1. The summed E-state index contributed by atoms with van der Waals surface area (Å²) in [4.78, 5) is 11.6. The van der Waals surface area contributed by atoms with Crippen molar-refractivity contribution >= 4 is 11.8 Å². The maximum absolute atomic E-state index is 11.6. The molecule has 0 radical (unpaired) electrons. The van der Waals surface area contributed by atoms with Gasteiger partial charge >= 0.3 is 6.03 Å². The molecule has 1 aromatic heterocycles. The lowest BCUT2D eigenvalue weighted by Crippen LogP contribution is -2.31. The molecule has 3 N–H and O–H groups in total. The van der Waals surface area contributed by atoms with E-state index >= 15 is 0 Å². The van der Waals surface area contributed by atoms with E-state index in [0.29, 0.717) is 5.82 Å². The lowest BCUT2D eigenvalue weighted by atomic mass is 10.1. The van der Waals surface area contributed by atoms with Crippen LogP contribution in [0.5, 0.6) is 0 Å². The summed E-state index contributed by atoms with van der Waals surface area (Å²) in [6.45, 7) is 4.07. The normalized spacial score (nSPS) is 12.0. The van der Waals surface area contributed by atoms with E-state index in [2.05, 4.69) is 22.7 Å². The lowest BCUT2D eigenvalue weighted by molar-refractivity contribution is 0.244. The number of urea groups is 1. The predicted octanol–water partition coefficient (Wildman–Crippen LogP) is 1.91. The number of hydrogen-bond acceptors (Lipinski definition) is 3. The van der Waals surface area contributed by atoms with Gasteiger partial charge in [0, 0.05) is 18.3 Å². The number of aliphatic hydroxyl groups is 1. The Hall–Kier alpha value is -2.34. The molecule has 1 atom stereocenters. The van der Waals surface area contributed by atoms with E-state index in [1.165, 1.54) is 0 Å². The van der Waals surface area contributed by atoms with E-state index in [1.54, 1.807) is 0 Å². The zero-order valence-electron chi connectivity index (χ0n) is 12.2. The van der Waals surface area contributed by atoms with Crippen molar-refractivity contribution in [1.82, 2.24) is 15.1 Å². The van der Waals surface area contributed by atoms with Crippen molar-refractivity contribution < 1.29 is 9.90 Å². The summed E-state index contributed by atoms with van der Waals surface area (Å²) in [6, 6.07) is 9.76. The number of benzene rings is 1. The second-order valence-corrected chi connectivity index (χ2v) is 4.83. The Morgan fingerprint density at radius 3 is 2.76 bits per heavy atom. The average Bonchev–Trinajstić information content (AvgIpc) is 2.86. The highest BCUT2D eigenvalue weighted by Gasteiger charge is 2.13. The maximum atomic E-state index is 11.6. The SMILES string of the molecule is Cc1cn([C@H](C)c2ccccc2)nc1NC(=O)NCCO. The molecule has 2 rings (SSSR count). The fourth-order valence-corrected chi connectivity index (χ4v) is 2.01. The van der Waals surface area contributed by atoms with Crippen LogP contribution in [0.15, 0.2) is 36.5 Å². The first-order valence-corrected chi connectivity index (χ1v) is 6.88. The van der Waals surface area contributed by atoms with E-state index in [0.717, 1.165) is 11.1 Å². The first kappa shape index (κ1) is 15.1. The van der Waals surface area contributed by atoms with Crippen LogP contribution < -0.4 is 10.6 Å². The zero-order valence-corrected chi connectivity index (χ0v) is 12.2. The van der Waals surface area contributed by atoms with Crippen LogP contribution in [0.2, 0.25) is 0 Å². The Labute approximate surface area is 123 Å². The fraction of sp³-hybridized carbons (Fsp3) is 0.333. The van der Waals surface area contributed by atoms with Crippen molar-refractivity contribution in [3.8, 4) is 0 Å². The van der Waals surface area contributed by atoms with Crippen LogP contribution in [-0.4, -0.2) is 34.1 Å². The van der Waals surface area contributed by atoms with Gasteiger partial charge in [-0.05, 0) is 19.4 Å². The van der Waals surface area contributed by atoms with Crippen LogP contribution in [0.1, 0.15) is 24.1 Å². The lowest BCUT2D eigenvalue weighted by Gasteiger charge is -2.12. The van der Waals surface area contributed by atoms with Crippen molar-refractivity contribution in [2.24, 2.45) is 0 Å². The number of anilines is 1. The smallest absolute Gasteiger partial charge is 0.320 e. The predicted molar refractivity (Wildman–Crippen MR) is 81.3 cm³/mol. The summed E-state index contributed by atoms with van der Waals surface area (Å²) in [5, 5.41) is 18.3. The van der Waals surface area contributed by atoms with Gasteiger partial charge in [-0.2, -0.15) is 5.10 Å². The number of aliphatic hydroxyl groups excluding tert-OH is 1. The summed E-state index contributed by atoms with van der Waals surface area (Å²) >= 11 is 0. The second kappa shape index (κ2) is 6.90. The number of nitrogens with zero attached hydrogens (tertiary/aromatic N) is 2. The van der Waals surface area contributed by atoms with Crippen LogP contribution in [0.4, 0.5) is 10.6 Å². The van der Waals surface area contributed by atoms with Gasteiger partial charge in [0.1, 0.15) is 0 Å². The van der Waals surface area contributed by atoms with Crippen LogP contribution in [-0.2, 0) is 0 Å². The number of carbonyl (C=O) groups excluding carboxylic acids is 1. The van der Waals surface area contributed by atoms with E-state index in [4.69, 9.17) is 5.11 Å². The Morgan fingerprint density at radius 1 is 1.38 bits per heavy atom. The van der Waals surface area contributed by atoms with E-state index in [9.17, 15) is 4.79 Å². The Morgan fingerprint density at radius 2 is 2.10 bits per heavy atom. The number of carbonyl (C=O) groups is 1. The Balaban J connectivity index is 2.10. The van der Waals surface area contributed by atoms with Crippen molar-refractivity contribution in [2.75, 3.05) is 18.5 Å². The molecule has 0 spiro atoms. The molecule has 0 saturated carbocycles. The third-order valence-corrected chi connectivity index (χ3v) is 3.22. The standard InChI is InChI=1S/C15H20N4O2/c1-11-10-19(12(2)13-6-4-3-5-7-13)18-14(11)17-15(21)16-8-9-20/h3-7,10,12,20H,8-9H2,1-2H3,(H2,16,17,18,21)/t12-/m1/s1. The summed E-state index contributed by atoms with van der Waals surface area (Å²) < 4.78 is 1.83. The molecular formula is C15H20N4O2. The average molecular weight is 288 g/mol. The van der Waals surface area contributed by atoms with Gasteiger partial charge in [0.25, 0.3) is 0 Å². The molecule has 0 aliphatic rings. The Kier molecular flexibility index (Phi) is 4.94. The minimum atomic E-state index is -0.371. The largest absolute Gasteiger partial charge is 0.395 e. The number of aromatic nitrogens is 2. The Bertz CT molecular complexity index is 595. The molecule has 0 unspecified atom stereocenters. The first-order chi connectivity index (χ1) is 10.1. The van der Waals surface area contributed by atoms with Gasteiger partial charge in [-0.15, -0.1) is 0 Å². The van der Waals surface area contributed by atoms with Crippen LogP contribution in [0.3, 0.4) is 0 Å². The van der Waals surface area contributed by atoms with Crippen LogP contribution >= 0.6 is 0 Å². The third-order valence-electron chi connectivity index (χ3n) is 3.22. The molecule has 1 aromatic carbocycles. The van der Waals surface area contributed by atoms with E-state index < -0.39 is 0 Å². The van der Waals surface area contributed by atoms with E-state index in [1.807, 2.05) is 48.1 Å². The molecule has 2 aromatic rings. The summed E-state index contributed by atoms with van der Waals surface area (Å²) in [7, 11) is 0. The molecule has 0 aliphatic heterocycles. The summed E-state index contributed by atoms with van der Waals surface area (Å²) in [5.74, 6) is 0.522. The number of hydrogen-bond donors (Lipinski definition) is 3. The molecule has 2 amide bonds. The minimum Gasteiger partial charge on any atom is -0.395 e. The molecule has 21 heavy (non-hydrogen) atoms. The van der Waals surface area contributed by atoms with Crippen molar-refractivity contribution in [1.29, 1.82) is 0 Å². The van der Waals surface area contributed by atoms with Gasteiger partial charge in [0.05, 0.1) is 12.6 Å². The number of nitrogens with one attached hydrogen (secondary N) is 2. The first-order valence-electron chi connectivity index (χ1n) is 6.88. The summed E-state index contributed by atoms with van der Waals surface area (Å²) in [6.07, 6.45) is 1.90. The number of amides is 2. The molecule has 0 bridgehead atoms. The quantitative estimate of drug-likeness (QED) is 0.786. The van der Waals surface area contributed by atoms with Crippen LogP contribution in [0.25, 0.3) is 0 Å². The number of rotatable bonds is 5. The van der Waals surface area contributed by atoms with Gasteiger partial charge in [-0.3, -0.25) is 10.00 Å². The maximum Gasteiger partial charge on any atom is 0.320 e.